The van der Waals surface area contributed by atoms with Crippen LogP contribution in [-0.4, -0.2) is 9.97 Å². The van der Waals surface area contributed by atoms with Crippen LogP contribution in [0.25, 0.3) is 0 Å². The maximum atomic E-state index is 6.00. The van der Waals surface area contributed by atoms with E-state index in [4.69, 9.17) is 35.4 Å². The zero-order valence-corrected chi connectivity index (χ0v) is 14.0. The van der Waals surface area contributed by atoms with Crippen molar-refractivity contribution in [2.45, 2.75) is 19.8 Å². The van der Waals surface area contributed by atoms with Crippen molar-refractivity contribution in [3.8, 4) is 0 Å². The molecule has 0 atom stereocenters. The van der Waals surface area contributed by atoms with Crippen molar-refractivity contribution in [2.24, 2.45) is 0 Å². The first-order chi connectivity index (χ1) is 9.01. The van der Waals surface area contributed by atoms with Crippen LogP contribution in [0.4, 0.5) is 0 Å². The van der Waals surface area contributed by atoms with Crippen LogP contribution in [-0.2, 0) is 12.8 Å². The van der Waals surface area contributed by atoms with Crippen LogP contribution in [0.15, 0.2) is 22.7 Å². The first-order valence-corrected chi connectivity index (χ1v) is 7.68. The van der Waals surface area contributed by atoms with E-state index in [0.29, 0.717) is 21.1 Å². The van der Waals surface area contributed by atoms with Gasteiger partial charge >= 0.3 is 0 Å². The van der Waals surface area contributed by atoms with E-state index in [1.807, 2.05) is 12.1 Å². The van der Waals surface area contributed by atoms with Crippen LogP contribution in [0, 0.1) is 4.64 Å². The third-order valence-electron chi connectivity index (χ3n) is 2.69. The average molecular weight is 378 g/mol. The summed E-state index contributed by atoms with van der Waals surface area (Å²) in [6.45, 7) is 2.06. The first kappa shape index (κ1) is 15.0. The maximum absolute atomic E-state index is 6.00. The highest BCUT2D eigenvalue weighted by atomic mass is 79.9. The van der Waals surface area contributed by atoms with Crippen LogP contribution in [0.1, 0.15) is 24.0 Å². The van der Waals surface area contributed by atoms with Gasteiger partial charge in [0, 0.05) is 12.1 Å². The maximum Gasteiger partial charge on any atom is 0.144 e. The molecule has 19 heavy (non-hydrogen) atoms. The standard InChI is InChI=1S/C13H11BrCl2N2S/c1-2-10-12(14)13(19)18-11(17-10)6-7-3-4-8(15)9(16)5-7/h3-5H,2,6H2,1H3,(H,17,18,19). The number of aryl methyl sites for hydroxylation is 1. The Labute approximate surface area is 135 Å². The lowest BCUT2D eigenvalue weighted by Gasteiger charge is -2.07. The minimum atomic E-state index is 0.547. The van der Waals surface area contributed by atoms with Gasteiger partial charge in [0.1, 0.15) is 10.5 Å². The fraction of sp³-hybridized carbons (Fsp3) is 0.231. The first-order valence-electron chi connectivity index (χ1n) is 5.72. The van der Waals surface area contributed by atoms with Gasteiger partial charge in [0.05, 0.1) is 14.5 Å². The molecule has 100 valence electrons. The van der Waals surface area contributed by atoms with Crippen LogP contribution in [0.5, 0.6) is 0 Å². The fourth-order valence-corrected chi connectivity index (χ4v) is 2.75. The molecule has 0 spiro atoms. The summed E-state index contributed by atoms with van der Waals surface area (Å²) < 4.78 is 1.44. The molecule has 1 aromatic carbocycles. The van der Waals surface area contributed by atoms with E-state index in [1.54, 1.807) is 6.07 Å². The van der Waals surface area contributed by atoms with Crippen LogP contribution < -0.4 is 0 Å². The molecule has 0 radical (unpaired) electrons. The van der Waals surface area contributed by atoms with E-state index < -0.39 is 0 Å². The van der Waals surface area contributed by atoms with E-state index in [-0.39, 0.29) is 0 Å². The Balaban J connectivity index is 2.35. The number of hydrogen-bond donors (Lipinski definition) is 1. The monoisotopic (exact) mass is 376 g/mol. The summed E-state index contributed by atoms with van der Waals surface area (Å²) in [5, 5.41) is 1.10. The van der Waals surface area contributed by atoms with Gasteiger partial charge in [-0.2, -0.15) is 0 Å². The molecule has 0 amide bonds. The van der Waals surface area contributed by atoms with Crippen LogP contribution >= 0.6 is 51.3 Å². The summed E-state index contributed by atoms with van der Waals surface area (Å²) in [6, 6.07) is 5.56. The lowest BCUT2D eigenvalue weighted by molar-refractivity contribution is 0.889. The number of hydrogen-bond acceptors (Lipinski definition) is 2. The van der Waals surface area contributed by atoms with Crippen LogP contribution in [0.2, 0.25) is 10.0 Å². The number of nitrogens with zero attached hydrogens (tertiary/aromatic N) is 1. The third-order valence-corrected chi connectivity index (χ3v) is 4.84. The van der Waals surface area contributed by atoms with E-state index in [2.05, 4.69) is 32.8 Å². The number of benzene rings is 1. The van der Waals surface area contributed by atoms with Gasteiger partial charge in [-0.25, -0.2) is 4.98 Å². The van der Waals surface area contributed by atoms with Crippen LogP contribution in [0.3, 0.4) is 0 Å². The molecular weight excluding hydrogens is 367 g/mol. The summed E-state index contributed by atoms with van der Waals surface area (Å²) in [5.74, 6) is 0.823. The average Bonchev–Trinajstić information content (AvgIpc) is 2.38. The number of aromatic amines is 1. The minimum Gasteiger partial charge on any atom is -0.346 e. The molecule has 0 aliphatic rings. The normalized spacial score (nSPS) is 10.7. The molecule has 1 N–H and O–H groups in total. The van der Waals surface area contributed by atoms with Gasteiger partial charge in [0.25, 0.3) is 0 Å². The second-order valence-corrected chi connectivity index (χ2v) is 6.05. The Morgan fingerprint density at radius 3 is 2.68 bits per heavy atom. The lowest BCUT2D eigenvalue weighted by atomic mass is 10.1. The Morgan fingerprint density at radius 1 is 1.32 bits per heavy atom. The Morgan fingerprint density at radius 2 is 2.05 bits per heavy atom. The molecule has 1 heterocycles. The largest absolute Gasteiger partial charge is 0.346 e. The second kappa shape index (κ2) is 6.35. The van der Waals surface area contributed by atoms with Crippen molar-refractivity contribution in [3.63, 3.8) is 0 Å². The van der Waals surface area contributed by atoms with Crippen molar-refractivity contribution >= 4 is 51.3 Å². The lowest BCUT2D eigenvalue weighted by Crippen LogP contribution is -2.02. The highest BCUT2D eigenvalue weighted by Crippen LogP contribution is 2.24. The summed E-state index contributed by atoms with van der Waals surface area (Å²) in [4.78, 5) is 7.65. The molecule has 0 aliphatic carbocycles. The SMILES string of the molecule is CCc1[nH]c(Cc2ccc(Cl)c(Cl)c2)nc(=S)c1Br. The molecule has 0 aliphatic heterocycles. The molecule has 2 rings (SSSR count). The summed E-state index contributed by atoms with van der Waals surface area (Å²) >= 11 is 20.6. The smallest absolute Gasteiger partial charge is 0.144 e. The van der Waals surface area contributed by atoms with Gasteiger partial charge in [0.2, 0.25) is 0 Å². The zero-order chi connectivity index (χ0) is 14.0. The summed E-state index contributed by atoms with van der Waals surface area (Å²) in [7, 11) is 0. The van der Waals surface area contributed by atoms with Gasteiger partial charge in [-0.05, 0) is 40.0 Å². The van der Waals surface area contributed by atoms with Gasteiger partial charge in [0.15, 0.2) is 0 Å². The highest BCUT2D eigenvalue weighted by molar-refractivity contribution is 9.10. The predicted octanol–water partition coefficient (Wildman–Crippen LogP) is 5.36. The fourth-order valence-electron chi connectivity index (χ4n) is 1.73. The molecule has 1 aromatic heterocycles. The molecule has 0 unspecified atom stereocenters. The van der Waals surface area contributed by atoms with E-state index in [1.165, 1.54) is 0 Å². The predicted molar refractivity (Wildman–Crippen MR) is 85.8 cm³/mol. The Bertz CT molecular complexity index is 670. The number of H-pyrrole nitrogens is 1. The quantitative estimate of drug-likeness (QED) is 0.729. The van der Waals surface area contributed by atoms with Crippen molar-refractivity contribution < 1.29 is 0 Å². The molecule has 0 fully saturated rings. The number of halogens is 3. The number of rotatable bonds is 3. The highest BCUT2D eigenvalue weighted by Gasteiger charge is 2.07. The zero-order valence-electron chi connectivity index (χ0n) is 10.1. The van der Waals surface area contributed by atoms with Gasteiger partial charge < -0.3 is 4.98 Å². The molecule has 6 heteroatoms. The van der Waals surface area contributed by atoms with E-state index in [9.17, 15) is 0 Å². The van der Waals surface area contributed by atoms with Gasteiger partial charge in [-0.3, -0.25) is 0 Å². The topological polar surface area (TPSA) is 28.7 Å². The van der Waals surface area contributed by atoms with Gasteiger partial charge in [-0.1, -0.05) is 48.4 Å². The summed E-state index contributed by atoms with van der Waals surface area (Å²) in [5.41, 5.74) is 2.09. The summed E-state index contributed by atoms with van der Waals surface area (Å²) in [6.07, 6.45) is 1.50. The minimum absolute atomic E-state index is 0.547. The third kappa shape index (κ3) is 3.57. The number of nitrogens with one attached hydrogen (secondary N) is 1. The molecule has 2 nitrogen and oxygen atoms in total. The van der Waals surface area contributed by atoms with Crippen molar-refractivity contribution in [1.29, 1.82) is 0 Å². The molecule has 0 saturated heterocycles. The Hall–Kier alpha value is -0.420. The number of aromatic nitrogens is 2. The van der Waals surface area contributed by atoms with E-state index >= 15 is 0 Å². The molecular formula is C13H11BrCl2N2S. The van der Waals surface area contributed by atoms with E-state index in [0.717, 1.165) is 28.0 Å². The van der Waals surface area contributed by atoms with Crippen molar-refractivity contribution in [1.82, 2.24) is 9.97 Å². The molecule has 0 bridgehead atoms. The molecule has 0 saturated carbocycles. The molecule has 2 aromatic rings. The Kier molecular flexibility index (Phi) is 5.01. The van der Waals surface area contributed by atoms with Crippen molar-refractivity contribution in [2.75, 3.05) is 0 Å². The second-order valence-electron chi connectivity index (χ2n) is 4.06. The van der Waals surface area contributed by atoms with Crippen molar-refractivity contribution in [3.05, 3.63) is 54.4 Å². The van der Waals surface area contributed by atoms with Gasteiger partial charge in [-0.15, -0.1) is 0 Å².